The molecule has 0 radical (unpaired) electrons. The standard InChI is InChI=1S/C14H20O3/c1-12-5-7-13(8-6-12)15-10-11-17-14-4-2-3-9-16-14/h5-8,14H,2-4,9-11H2,1H3. The molecule has 1 heterocycles. The summed E-state index contributed by atoms with van der Waals surface area (Å²) in [4.78, 5) is 0. The molecule has 1 aromatic carbocycles. The average Bonchev–Trinajstić information content (AvgIpc) is 2.38. The Hall–Kier alpha value is -1.06. The van der Waals surface area contributed by atoms with E-state index in [1.807, 2.05) is 24.3 Å². The monoisotopic (exact) mass is 236 g/mol. The van der Waals surface area contributed by atoms with Gasteiger partial charge in [0.05, 0.1) is 6.61 Å². The third-order valence-corrected chi connectivity index (χ3v) is 2.81. The van der Waals surface area contributed by atoms with Crippen LogP contribution in [0, 0.1) is 6.92 Å². The molecule has 2 rings (SSSR count). The summed E-state index contributed by atoms with van der Waals surface area (Å²) in [6.07, 6.45) is 3.33. The maximum Gasteiger partial charge on any atom is 0.157 e. The van der Waals surface area contributed by atoms with Gasteiger partial charge in [0.25, 0.3) is 0 Å². The summed E-state index contributed by atoms with van der Waals surface area (Å²) in [5.41, 5.74) is 1.24. The SMILES string of the molecule is Cc1ccc(OCCOC2CCCCO2)cc1. The lowest BCUT2D eigenvalue weighted by atomic mass is 10.2. The number of hydrogen-bond donors (Lipinski definition) is 0. The average molecular weight is 236 g/mol. The zero-order valence-electron chi connectivity index (χ0n) is 10.4. The van der Waals surface area contributed by atoms with E-state index in [0.717, 1.165) is 25.2 Å². The van der Waals surface area contributed by atoms with Crippen molar-refractivity contribution < 1.29 is 14.2 Å². The first-order valence-corrected chi connectivity index (χ1v) is 6.27. The van der Waals surface area contributed by atoms with Crippen LogP contribution in [-0.2, 0) is 9.47 Å². The molecule has 0 aromatic heterocycles. The Morgan fingerprint density at radius 3 is 2.71 bits per heavy atom. The van der Waals surface area contributed by atoms with Gasteiger partial charge in [0.1, 0.15) is 12.4 Å². The highest BCUT2D eigenvalue weighted by Gasteiger charge is 2.13. The van der Waals surface area contributed by atoms with E-state index >= 15 is 0 Å². The molecule has 1 aliphatic rings. The minimum atomic E-state index is -0.0228. The smallest absolute Gasteiger partial charge is 0.157 e. The van der Waals surface area contributed by atoms with Crippen LogP contribution >= 0.6 is 0 Å². The first-order valence-electron chi connectivity index (χ1n) is 6.27. The summed E-state index contributed by atoms with van der Waals surface area (Å²) in [7, 11) is 0. The molecule has 0 bridgehead atoms. The van der Waals surface area contributed by atoms with E-state index in [1.54, 1.807) is 0 Å². The Kier molecular flexibility index (Phi) is 4.83. The van der Waals surface area contributed by atoms with Crippen LogP contribution in [0.15, 0.2) is 24.3 Å². The second-order valence-corrected chi connectivity index (χ2v) is 4.33. The van der Waals surface area contributed by atoms with Crippen LogP contribution in [0.2, 0.25) is 0 Å². The van der Waals surface area contributed by atoms with Gasteiger partial charge in [-0.2, -0.15) is 0 Å². The highest BCUT2D eigenvalue weighted by Crippen LogP contribution is 2.14. The van der Waals surface area contributed by atoms with Gasteiger partial charge in [-0.15, -0.1) is 0 Å². The molecule has 3 nitrogen and oxygen atoms in total. The molecule has 1 aliphatic heterocycles. The van der Waals surface area contributed by atoms with E-state index in [4.69, 9.17) is 14.2 Å². The van der Waals surface area contributed by atoms with Gasteiger partial charge in [0.15, 0.2) is 6.29 Å². The van der Waals surface area contributed by atoms with Crippen LogP contribution in [0.5, 0.6) is 5.75 Å². The van der Waals surface area contributed by atoms with Crippen molar-refractivity contribution in [3.05, 3.63) is 29.8 Å². The van der Waals surface area contributed by atoms with Gasteiger partial charge < -0.3 is 14.2 Å². The van der Waals surface area contributed by atoms with Gasteiger partial charge in [0, 0.05) is 6.61 Å². The predicted molar refractivity (Wildman–Crippen MR) is 66.2 cm³/mol. The number of rotatable bonds is 5. The molecule has 3 heteroatoms. The first kappa shape index (κ1) is 12.4. The molecule has 1 aromatic rings. The van der Waals surface area contributed by atoms with Crippen molar-refractivity contribution in [3.8, 4) is 5.75 Å². The Morgan fingerprint density at radius 1 is 1.18 bits per heavy atom. The largest absolute Gasteiger partial charge is 0.491 e. The second-order valence-electron chi connectivity index (χ2n) is 4.33. The van der Waals surface area contributed by atoms with Crippen LogP contribution in [0.1, 0.15) is 24.8 Å². The lowest BCUT2D eigenvalue weighted by Gasteiger charge is -2.22. The van der Waals surface area contributed by atoms with E-state index in [-0.39, 0.29) is 6.29 Å². The van der Waals surface area contributed by atoms with E-state index < -0.39 is 0 Å². The van der Waals surface area contributed by atoms with Crippen LogP contribution in [0.3, 0.4) is 0 Å². The van der Waals surface area contributed by atoms with Gasteiger partial charge in [-0.1, -0.05) is 17.7 Å². The molecule has 0 saturated carbocycles. The normalized spacial score (nSPS) is 20.2. The van der Waals surface area contributed by atoms with E-state index in [9.17, 15) is 0 Å². The Bertz CT molecular complexity index is 315. The van der Waals surface area contributed by atoms with Crippen molar-refractivity contribution >= 4 is 0 Å². The lowest BCUT2D eigenvalue weighted by Crippen LogP contribution is -2.24. The molecular formula is C14H20O3. The molecule has 0 aliphatic carbocycles. The second kappa shape index (κ2) is 6.62. The maximum atomic E-state index is 5.58. The van der Waals surface area contributed by atoms with Crippen LogP contribution in [0.4, 0.5) is 0 Å². The van der Waals surface area contributed by atoms with Gasteiger partial charge in [-0.05, 0) is 38.3 Å². The minimum Gasteiger partial charge on any atom is -0.491 e. The van der Waals surface area contributed by atoms with Gasteiger partial charge in [-0.25, -0.2) is 0 Å². The molecule has 0 amide bonds. The summed E-state index contributed by atoms with van der Waals surface area (Å²) < 4.78 is 16.6. The number of aryl methyl sites for hydroxylation is 1. The van der Waals surface area contributed by atoms with Crippen LogP contribution in [0.25, 0.3) is 0 Å². The molecule has 0 N–H and O–H groups in total. The van der Waals surface area contributed by atoms with Gasteiger partial charge in [0.2, 0.25) is 0 Å². The van der Waals surface area contributed by atoms with Crippen molar-refractivity contribution in [1.29, 1.82) is 0 Å². The van der Waals surface area contributed by atoms with Crippen molar-refractivity contribution in [1.82, 2.24) is 0 Å². The number of hydrogen-bond acceptors (Lipinski definition) is 3. The van der Waals surface area contributed by atoms with E-state index in [0.29, 0.717) is 13.2 Å². The summed E-state index contributed by atoms with van der Waals surface area (Å²) in [6, 6.07) is 8.04. The van der Waals surface area contributed by atoms with E-state index in [2.05, 4.69) is 6.92 Å². The summed E-state index contributed by atoms with van der Waals surface area (Å²) in [6.45, 7) is 4.04. The highest BCUT2D eigenvalue weighted by molar-refractivity contribution is 5.26. The molecular weight excluding hydrogens is 216 g/mol. The molecule has 1 atom stereocenters. The summed E-state index contributed by atoms with van der Waals surface area (Å²) >= 11 is 0. The molecule has 94 valence electrons. The van der Waals surface area contributed by atoms with Crippen molar-refractivity contribution in [3.63, 3.8) is 0 Å². The van der Waals surface area contributed by atoms with Crippen molar-refractivity contribution in [2.75, 3.05) is 19.8 Å². The summed E-state index contributed by atoms with van der Waals surface area (Å²) in [5.74, 6) is 0.892. The number of ether oxygens (including phenoxy) is 3. The number of benzene rings is 1. The fourth-order valence-electron chi connectivity index (χ4n) is 1.82. The molecule has 1 saturated heterocycles. The van der Waals surface area contributed by atoms with Crippen molar-refractivity contribution in [2.24, 2.45) is 0 Å². The van der Waals surface area contributed by atoms with E-state index in [1.165, 1.54) is 12.0 Å². The fraction of sp³-hybridized carbons (Fsp3) is 0.571. The zero-order valence-corrected chi connectivity index (χ0v) is 10.4. The third-order valence-electron chi connectivity index (χ3n) is 2.81. The molecule has 1 fully saturated rings. The Labute approximate surface area is 103 Å². The molecule has 17 heavy (non-hydrogen) atoms. The fourth-order valence-corrected chi connectivity index (χ4v) is 1.82. The zero-order chi connectivity index (χ0) is 11.9. The Morgan fingerprint density at radius 2 is 2.00 bits per heavy atom. The molecule has 0 spiro atoms. The van der Waals surface area contributed by atoms with Gasteiger partial charge >= 0.3 is 0 Å². The van der Waals surface area contributed by atoms with Crippen LogP contribution in [-0.4, -0.2) is 26.1 Å². The topological polar surface area (TPSA) is 27.7 Å². The molecule has 1 unspecified atom stereocenters. The first-order chi connectivity index (χ1) is 8.34. The third kappa shape index (κ3) is 4.36. The highest BCUT2D eigenvalue weighted by atomic mass is 16.7. The minimum absolute atomic E-state index is 0.0228. The Balaban J connectivity index is 1.60. The quantitative estimate of drug-likeness (QED) is 0.736. The lowest BCUT2D eigenvalue weighted by molar-refractivity contribution is -0.165. The summed E-state index contributed by atoms with van der Waals surface area (Å²) in [5, 5.41) is 0. The van der Waals surface area contributed by atoms with Crippen LogP contribution < -0.4 is 4.74 Å². The predicted octanol–water partition coefficient (Wildman–Crippen LogP) is 2.92. The van der Waals surface area contributed by atoms with Gasteiger partial charge in [-0.3, -0.25) is 0 Å². The maximum absolute atomic E-state index is 5.58. The van der Waals surface area contributed by atoms with Crippen molar-refractivity contribution in [2.45, 2.75) is 32.5 Å².